The van der Waals surface area contributed by atoms with Gasteiger partial charge in [-0.15, -0.1) is 0 Å². The Morgan fingerprint density at radius 3 is 2.88 bits per heavy atom. The van der Waals surface area contributed by atoms with Gasteiger partial charge in [-0.1, -0.05) is 11.2 Å². The molecule has 2 heterocycles. The van der Waals surface area contributed by atoms with Crippen LogP contribution in [0.3, 0.4) is 0 Å². The molecule has 1 amide bonds. The highest BCUT2D eigenvalue weighted by atomic mass is 19.1. The van der Waals surface area contributed by atoms with Gasteiger partial charge in [-0.2, -0.15) is 4.98 Å². The summed E-state index contributed by atoms with van der Waals surface area (Å²) in [6.07, 6.45) is 1.98. The number of hydrogen-bond acceptors (Lipinski definition) is 6. The lowest BCUT2D eigenvalue weighted by Crippen LogP contribution is -2.29. The van der Waals surface area contributed by atoms with E-state index >= 15 is 0 Å². The van der Waals surface area contributed by atoms with Gasteiger partial charge in [0.15, 0.2) is 5.82 Å². The molecule has 1 aromatic heterocycles. The van der Waals surface area contributed by atoms with Crippen molar-refractivity contribution < 1.29 is 27.6 Å². The van der Waals surface area contributed by atoms with Crippen molar-refractivity contribution in [3.05, 3.63) is 35.7 Å². The highest BCUT2D eigenvalue weighted by Crippen LogP contribution is 2.24. The molecule has 0 aliphatic carbocycles. The Bertz CT molecular complexity index is 712. The molecule has 9 heteroatoms. The zero-order valence-electron chi connectivity index (χ0n) is 13.3. The van der Waals surface area contributed by atoms with Crippen LogP contribution in [-0.4, -0.2) is 42.0 Å². The van der Waals surface area contributed by atoms with Crippen molar-refractivity contribution in [3.8, 4) is 11.5 Å². The van der Waals surface area contributed by atoms with E-state index in [0.29, 0.717) is 6.61 Å². The number of nitrogens with one attached hydrogen (secondary N) is 1. The summed E-state index contributed by atoms with van der Waals surface area (Å²) in [6, 6.07) is 3.42. The van der Waals surface area contributed by atoms with Gasteiger partial charge < -0.3 is 19.3 Å². The first-order valence-electron chi connectivity index (χ1n) is 7.86. The summed E-state index contributed by atoms with van der Waals surface area (Å²) in [6.45, 7) is 0.934. The lowest BCUT2D eigenvalue weighted by atomic mass is 10.2. The van der Waals surface area contributed by atoms with Crippen LogP contribution in [0, 0.1) is 11.6 Å². The Balaban J connectivity index is 1.47. The van der Waals surface area contributed by atoms with E-state index in [2.05, 4.69) is 15.5 Å². The fraction of sp³-hybridized carbons (Fsp3) is 0.438. The lowest BCUT2D eigenvalue weighted by molar-refractivity contribution is -0.127. The molecule has 1 aromatic carbocycles. The number of carbonyl (C=O) groups excluding carboxylic acids is 1. The van der Waals surface area contributed by atoms with Gasteiger partial charge in [0.1, 0.15) is 23.8 Å². The summed E-state index contributed by atoms with van der Waals surface area (Å²) in [5.74, 6) is -2.15. The normalized spacial score (nSPS) is 17.0. The molecule has 2 aromatic rings. The number of ether oxygens (including phenoxy) is 2. The van der Waals surface area contributed by atoms with Crippen LogP contribution in [-0.2, 0) is 20.8 Å². The Morgan fingerprint density at radius 2 is 2.16 bits per heavy atom. The summed E-state index contributed by atoms with van der Waals surface area (Å²) < 4.78 is 42.8. The minimum atomic E-state index is -0.804. The molecule has 1 atom stereocenters. The molecule has 0 bridgehead atoms. The molecule has 0 saturated carbocycles. The van der Waals surface area contributed by atoms with Crippen LogP contribution in [0.25, 0.3) is 11.5 Å². The van der Waals surface area contributed by atoms with Crippen LogP contribution in [0.5, 0.6) is 0 Å². The highest BCUT2D eigenvalue weighted by Gasteiger charge is 2.18. The van der Waals surface area contributed by atoms with E-state index in [-0.39, 0.29) is 36.9 Å². The van der Waals surface area contributed by atoms with Crippen LogP contribution in [0.2, 0.25) is 0 Å². The smallest absolute Gasteiger partial charge is 0.263 e. The van der Waals surface area contributed by atoms with Crippen molar-refractivity contribution >= 4 is 5.91 Å². The molecule has 1 fully saturated rings. The van der Waals surface area contributed by atoms with Gasteiger partial charge in [0.2, 0.25) is 5.91 Å². The van der Waals surface area contributed by atoms with Gasteiger partial charge in [-0.05, 0) is 25.0 Å². The fourth-order valence-electron chi connectivity index (χ4n) is 2.42. The number of halogens is 2. The summed E-state index contributed by atoms with van der Waals surface area (Å²) >= 11 is 0. The monoisotopic (exact) mass is 353 g/mol. The Labute approximate surface area is 142 Å². The van der Waals surface area contributed by atoms with Gasteiger partial charge >= 0.3 is 0 Å². The maximum Gasteiger partial charge on any atom is 0.263 e. The topological polar surface area (TPSA) is 86.5 Å². The van der Waals surface area contributed by atoms with Gasteiger partial charge in [0, 0.05) is 6.61 Å². The van der Waals surface area contributed by atoms with Crippen molar-refractivity contribution in [2.24, 2.45) is 0 Å². The predicted octanol–water partition coefficient (Wildman–Crippen LogP) is 1.83. The maximum absolute atomic E-state index is 13.7. The number of amides is 1. The number of carbonyl (C=O) groups is 1. The van der Waals surface area contributed by atoms with Gasteiger partial charge in [-0.3, -0.25) is 4.79 Å². The molecule has 1 saturated heterocycles. The number of rotatable bonds is 7. The number of nitrogens with zero attached hydrogens (tertiary/aromatic N) is 2. The minimum absolute atomic E-state index is 0.0400. The highest BCUT2D eigenvalue weighted by molar-refractivity contribution is 5.77. The standard InChI is InChI=1S/C16H17F2N3O4/c17-11-4-1-5-12(18)15(11)16-20-13(21-25-16)7-19-14(22)9-23-8-10-3-2-6-24-10/h1,4-5,10H,2-3,6-9H2,(H,19,22)/t10-/m0/s1. The number of hydrogen-bond donors (Lipinski definition) is 1. The molecule has 1 aliphatic heterocycles. The largest absolute Gasteiger partial charge is 0.376 e. The van der Waals surface area contributed by atoms with Gasteiger partial charge in [-0.25, -0.2) is 8.78 Å². The zero-order chi connectivity index (χ0) is 17.6. The van der Waals surface area contributed by atoms with Crippen LogP contribution in [0.4, 0.5) is 8.78 Å². The zero-order valence-corrected chi connectivity index (χ0v) is 13.3. The Morgan fingerprint density at radius 1 is 1.36 bits per heavy atom. The molecule has 25 heavy (non-hydrogen) atoms. The first-order chi connectivity index (χ1) is 12.1. The minimum Gasteiger partial charge on any atom is -0.376 e. The van der Waals surface area contributed by atoms with Crippen LogP contribution in [0.15, 0.2) is 22.7 Å². The Hall–Kier alpha value is -2.39. The second-order valence-electron chi connectivity index (χ2n) is 5.54. The van der Waals surface area contributed by atoms with Crippen molar-refractivity contribution in [2.75, 3.05) is 19.8 Å². The summed E-state index contributed by atoms with van der Waals surface area (Å²) in [4.78, 5) is 15.6. The molecule has 1 aliphatic rings. The average molecular weight is 353 g/mol. The third kappa shape index (κ3) is 4.58. The molecule has 1 N–H and O–H groups in total. The average Bonchev–Trinajstić information content (AvgIpc) is 3.25. The van der Waals surface area contributed by atoms with E-state index in [4.69, 9.17) is 14.0 Å². The fourth-order valence-corrected chi connectivity index (χ4v) is 2.42. The third-order valence-electron chi connectivity index (χ3n) is 3.65. The molecule has 3 rings (SSSR count). The first-order valence-corrected chi connectivity index (χ1v) is 7.86. The number of aromatic nitrogens is 2. The van der Waals surface area contributed by atoms with Crippen molar-refractivity contribution in [2.45, 2.75) is 25.5 Å². The van der Waals surface area contributed by atoms with Crippen molar-refractivity contribution in [1.29, 1.82) is 0 Å². The summed E-state index contributed by atoms with van der Waals surface area (Å²) in [5.41, 5.74) is -0.396. The summed E-state index contributed by atoms with van der Waals surface area (Å²) in [7, 11) is 0. The molecular weight excluding hydrogens is 336 g/mol. The maximum atomic E-state index is 13.7. The first kappa shape index (κ1) is 17.4. The quantitative estimate of drug-likeness (QED) is 0.817. The predicted molar refractivity (Wildman–Crippen MR) is 81.3 cm³/mol. The molecule has 134 valence electrons. The molecule has 0 radical (unpaired) electrons. The second kappa shape index (κ2) is 8.13. The van der Waals surface area contributed by atoms with Crippen molar-refractivity contribution in [1.82, 2.24) is 15.5 Å². The third-order valence-corrected chi connectivity index (χ3v) is 3.65. The van der Waals surface area contributed by atoms with E-state index in [1.54, 1.807) is 0 Å². The molecular formula is C16H17F2N3O4. The van der Waals surface area contributed by atoms with E-state index in [9.17, 15) is 13.6 Å². The van der Waals surface area contributed by atoms with E-state index < -0.39 is 17.2 Å². The van der Waals surface area contributed by atoms with Crippen molar-refractivity contribution in [3.63, 3.8) is 0 Å². The van der Waals surface area contributed by atoms with Crippen LogP contribution >= 0.6 is 0 Å². The molecule has 0 spiro atoms. The Kier molecular flexibility index (Phi) is 5.67. The number of benzene rings is 1. The van der Waals surface area contributed by atoms with E-state index in [0.717, 1.165) is 31.6 Å². The van der Waals surface area contributed by atoms with Crippen LogP contribution in [0.1, 0.15) is 18.7 Å². The SMILES string of the molecule is O=C(COC[C@@H]1CCCO1)NCc1noc(-c2c(F)cccc2F)n1. The second-order valence-corrected chi connectivity index (χ2v) is 5.54. The molecule has 0 unspecified atom stereocenters. The lowest BCUT2D eigenvalue weighted by Gasteiger charge is -2.09. The van der Waals surface area contributed by atoms with E-state index in [1.165, 1.54) is 6.07 Å². The van der Waals surface area contributed by atoms with E-state index in [1.807, 2.05) is 0 Å². The van der Waals surface area contributed by atoms with Gasteiger partial charge in [0.25, 0.3) is 5.89 Å². The molecule has 7 nitrogen and oxygen atoms in total. The summed E-state index contributed by atoms with van der Waals surface area (Å²) in [5, 5.41) is 6.14. The van der Waals surface area contributed by atoms with Crippen LogP contribution < -0.4 is 5.32 Å². The van der Waals surface area contributed by atoms with Gasteiger partial charge in [0.05, 0.1) is 19.3 Å².